The number of aliphatic carboxylic acids is 1. The van der Waals surface area contributed by atoms with Crippen molar-refractivity contribution in [3.05, 3.63) is 23.5 Å². The van der Waals surface area contributed by atoms with E-state index in [1.54, 1.807) is 26.0 Å². The van der Waals surface area contributed by atoms with Crippen molar-refractivity contribution >= 4 is 5.97 Å². The molecule has 4 nitrogen and oxygen atoms in total. The molecule has 0 aliphatic rings. The normalized spacial score (nSPS) is 12.1. The van der Waals surface area contributed by atoms with Crippen LogP contribution in [0.3, 0.4) is 0 Å². The molecule has 0 aliphatic heterocycles. The number of carboxylic acids is 1. The predicted octanol–water partition coefficient (Wildman–Crippen LogP) is 1.46. The Morgan fingerprint density at radius 1 is 1.69 bits per heavy atom. The maximum atomic E-state index is 10.5. The van der Waals surface area contributed by atoms with Crippen LogP contribution in [0.25, 0.3) is 0 Å². The van der Waals surface area contributed by atoms with E-state index in [0.29, 0.717) is 6.61 Å². The second kappa shape index (κ2) is 5.84. The largest absolute Gasteiger partial charge is 0.492 e. The lowest BCUT2D eigenvalue weighted by Gasteiger charge is -2.03. The van der Waals surface area contributed by atoms with Crippen LogP contribution >= 0.6 is 0 Å². The van der Waals surface area contributed by atoms with Gasteiger partial charge in [0.05, 0.1) is 6.61 Å². The van der Waals surface area contributed by atoms with Gasteiger partial charge in [0.2, 0.25) is 0 Å². The molecule has 0 aliphatic carbocycles. The molecule has 0 rings (SSSR count). The zero-order valence-corrected chi connectivity index (χ0v) is 7.57. The van der Waals surface area contributed by atoms with E-state index in [0.717, 1.165) is 0 Å². The van der Waals surface area contributed by atoms with Gasteiger partial charge in [0.15, 0.2) is 5.57 Å². The zero-order valence-electron chi connectivity index (χ0n) is 7.57. The first-order valence-electron chi connectivity index (χ1n) is 3.80. The quantitative estimate of drug-likeness (QED) is 0.308. The summed E-state index contributed by atoms with van der Waals surface area (Å²) in [5.41, 5.74) is -0.375. The maximum absolute atomic E-state index is 10.5. The molecule has 0 unspecified atom stereocenters. The highest BCUT2D eigenvalue weighted by atomic mass is 16.5. The van der Waals surface area contributed by atoms with Crippen molar-refractivity contribution in [2.24, 2.45) is 0 Å². The number of hydrogen-bond acceptors (Lipinski definition) is 3. The average Bonchev–Trinajstić information content (AvgIpc) is 2.05. The van der Waals surface area contributed by atoms with Crippen molar-refractivity contribution in [1.82, 2.24) is 0 Å². The Labute approximate surface area is 76.7 Å². The molecule has 0 saturated carbocycles. The van der Waals surface area contributed by atoms with Crippen LogP contribution in [0.1, 0.15) is 13.8 Å². The molecule has 0 amide bonds. The van der Waals surface area contributed by atoms with Gasteiger partial charge < -0.3 is 9.84 Å². The molecular weight excluding hydrogens is 170 g/mol. The Balaban J connectivity index is 5.03. The first-order valence-corrected chi connectivity index (χ1v) is 3.80. The number of ether oxygens (including phenoxy) is 1. The van der Waals surface area contributed by atoms with Crippen LogP contribution in [0.4, 0.5) is 0 Å². The number of allylic oxidation sites excluding steroid dienone is 2. The monoisotopic (exact) mass is 181 g/mol. The summed E-state index contributed by atoms with van der Waals surface area (Å²) in [5, 5.41) is 17.1. The van der Waals surface area contributed by atoms with Crippen molar-refractivity contribution < 1.29 is 14.6 Å². The summed E-state index contributed by atoms with van der Waals surface area (Å²) in [6.07, 6.45) is 3.07. The molecule has 0 saturated heterocycles. The third-order valence-corrected chi connectivity index (χ3v) is 1.19. The van der Waals surface area contributed by atoms with E-state index in [1.165, 1.54) is 6.08 Å². The average molecular weight is 181 g/mol. The van der Waals surface area contributed by atoms with Gasteiger partial charge >= 0.3 is 5.97 Å². The Morgan fingerprint density at radius 2 is 2.31 bits per heavy atom. The molecule has 0 aromatic carbocycles. The number of hydrogen-bond donors (Lipinski definition) is 1. The van der Waals surface area contributed by atoms with Gasteiger partial charge in [-0.1, -0.05) is 6.08 Å². The van der Waals surface area contributed by atoms with Crippen LogP contribution in [-0.4, -0.2) is 17.7 Å². The van der Waals surface area contributed by atoms with E-state index in [1.807, 2.05) is 0 Å². The topological polar surface area (TPSA) is 70.3 Å². The molecule has 0 heterocycles. The number of rotatable bonds is 4. The molecule has 4 heteroatoms. The third kappa shape index (κ3) is 3.43. The molecule has 0 radical (unpaired) electrons. The first-order chi connectivity index (χ1) is 6.17. The van der Waals surface area contributed by atoms with Gasteiger partial charge in [-0.3, -0.25) is 0 Å². The second-order valence-electron chi connectivity index (χ2n) is 2.09. The summed E-state index contributed by atoms with van der Waals surface area (Å²) in [7, 11) is 0. The molecule has 13 heavy (non-hydrogen) atoms. The summed E-state index contributed by atoms with van der Waals surface area (Å²) in [6.45, 7) is 3.77. The Hall–Kier alpha value is -1.76. The lowest BCUT2D eigenvalue weighted by atomic mass is 10.2. The number of carboxylic acid groups (broad SMARTS) is 1. The SMILES string of the molecule is CC=CC(OCC)=C(C#N)C(=O)O. The first kappa shape index (κ1) is 11.2. The maximum Gasteiger partial charge on any atom is 0.350 e. The van der Waals surface area contributed by atoms with Crippen LogP contribution in [0.2, 0.25) is 0 Å². The van der Waals surface area contributed by atoms with Crippen molar-refractivity contribution in [2.75, 3.05) is 6.61 Å². The third-order valence-electron chi connectivity index (χ3n) is 1.19. The van der Waals surface area contributed by atoms with Crippen LogP contribution in [-0.2, 0) is 9.53 Å². The van der Waals surface area contributed by atoms with Gasteiger partial charge in [-0.25, -0.2) is 4.79 Å². The van der Waals surface area contributed by atoms with Crippen LogP contribution in [0.15, 0.2) is 23.5 Å². The molecule has 0 aromatic heterocycles. The Bertz CT molecular complexity index is 284. The fourth-order valence-electron chi connectivity index (χ4n) is 0.719. The van der Waals surface area contributed by atoms with Crippen LogP contribution in [0.5, 0.6) is 0 Å². The number of nitrogens with zero attached hydrogens (tertiary/aromatic N) is 1. The highest BCUT2D eigenvalue weighted by Crippen LogP contribution is 2.07. The van der Waals surface area contributed by atoms with Crippen LogP contribution in [0, 0.1) is 11.3 Å². The van der Waals surface area contributed by atoms with Gasteiger partial charge in [-0.15, -0.1) is 0 Å². The van der Waals surface area contributed by atoms with E-state index >= 15 is 0 Å². The van der Waals surface area contributed by atoms with Gasteiger partial charge in [0.25, 0.3) is 0 Å². The summed E-state index contributed by atoms with van der Waals surface area (Å²) < 4.78 is 4.99. The number of carbonyl (C=O) groups is 1. The molecule has 0 atom stereocenters. The van der Waals surface area contributed by atoms with Gasteiger partial charge in [0.1, 0.15) is 11.8 Å². The predicted molar refractivity (Wildman–Crippen MR) is 46.7 cm³/mol. The fourth-order valence-corrected chi connectivity index (χ4v) is 0.719. The highest BCUT2D eigenvalue weighted by Gasteiger charge is 2.12. The summed E-state index contributed by atoms with van der Waals surface area (Å²) in [6, 6.07) is 1.58. The molecule has 0 aromatic rings. The summed E-state index contributed by atoms with van der Waals surface area (Å²) in [4.78, 5) is 10.5. The fraction of sp³-hybridized carbons (Fsp3) is 0.333. The van der Waals surface area contributed by atoms with E-state index in [2.05, 4.69) is 0 Å². The van der Waals surface area contributed by atoms with E-state index in [9.17, 15) is 4.79 Å². The Kier molecular flexibility index (Phi) is 5.05. The van der Waals surface area contributed by atoms with E-state index in [-0.39, 0.29) is 11.3 Å². The minimum atomic E-state index is -1.27. The smallest absolute Gasteiger partial charge is 0.350 e. The molecular formula is C9H11NO3. The molecule has 1 N–H and O–H groups in total. The van der Waals surface area contributed by atoms with Gasteiger partial charge in [-0.05, 0) is 19.9 Å². The molecule has 0 fully saturated rings. The lowest BCUT2D eigenvalue weighted by molar-refractivity contribution is -0.132. The molecule has 0 spiro atoms. The van der Waals surface area contributed by atoms with E-state index < -0.39 is 5.97 Å². The van der Waals surface area contributed by atoms with E-state index in [4.69, 9.17) is 15.1 Å². The number of nitriles is 1. The zero-order chi connectivity index (χ0) is 10.3. The minimum Gasteiger partial charge on any atom is -0.492 e. The molecule has 0 bridgehead atoms. The Morgan fingerprint density at radius 3 is 2.62 bits per heavy atom. The lowest BCUT2D eigenvalue weighted by Crippen LogP contribution is -2.04. The van der Waals surface area contributed by atoms with Crippen molar-refractivity contribution in [3.63, 3.8) is 0 Å². The summed E-state index contributed by atoms with van der Waals surface area (Å²) in [5.74, 6) is -1.18. The molecule has 70 valence electrons. The highest BCUT2D eigenvalue weighted by molar-refractivity contribution is 5.92. The second-order valence-corrected chi connectivity index (χ2v) is 2.09. The van der Waals surface area contributed by atoms with Gasteiger partial charge in [0, 0.05) is 0 Å². The van der Waals surface area contributed by atoms with Gasteiger partial charge in [-0.2, -0.15) is 5.26 Å². The standard InChI is InChI=1S/C9H11NO3/c1-3-5-8(13-4-2)7(6-10)9(11)12/h3,5H,4H2,1-2H3,(H,11,12). The summed E-state index contributed by atoms with van der Waals surface area (Å²) >= 11 is 0. The van der Waals surface area contributed by atoms with Crippen molar-refractivity contribution in [2.45, 2.75) is 13.8 Å². The minimum absolute atomic E-state index is 0.0972. The van der Waals surface area contributed by atoms with Crippen LogP contribution < -0.4 is 0 Å². The van der Waals surface area contributed by atoms with Crippen molar-refractivity contribution in [1.29, 1.82) is 5.26 Å². The van der Waals surface area contributed by atoms with Crippen molar-refractivity contribution in [3.8, 4) is 6.07 Å².